The van der Waals surface area contributed by atoms with E-state index in [1.807, 2.05) is 30.3 Å². The van der Waals surface area contributed by atoms with E-state index in [0.29, 0.717) is 11.4 Å². The number of hydrogen-bond donors (Lipinski definition) is 3. The van der Waals surface area contributed by atoms with Crippen LogP contribution in [0.15, 0.2) is 84.0 Å². The summed E-state index contributed by atoms with van der Waals surface area (Å²) >= 11 is 0. The van der Waals surface area contributed by atoms with Crippen molar-refractivity contribution in [3.05, 3.63) is 90.0 Å². The zero-order valence-electron chi connectivity index (χ0n) is 20.2. The number of amides is 6. The Balaban J connectivity index is 1.36. The fourth-order valence-corrected chi connectivity index (χ4v) is 3.64. The van der Waals surface area contributed by atoms with Crippen molar-refractivity contribution in [2.75, 3.05) is 17.3 Å². The van der Waals surface area contributed by atoms with Crippen LogP contribution >= 0.6 is 0 Å². The normalized spacial score (nSPS) is 15.2. The number of imide groups is 2. The van der Waals surface area contributed by atoms with Crippen LogP contribution < -0.4 is 25.7 Å². The molecule has 11 heteroatoms. The summed E-state index contributed by atoms with van der Waals surface area (Å²) < 4.78 is 5.12. The number of nitrogens with zero attached hydrogens (tertiary/aromatic N) is 2. The second-order valence-electron chi connectivity index (χ2n) is 8.15. The lowest BCUT2D eigenvalue weighted by Crippen LogP contribution is -2.58. The molecule has 3 aromatic carbocycles. The average Bonchev–Trinajstić information content (AvgIpc) is 2.91. The first-order chi connectivity index (χ1) is 18.4. The van der Waals surface area contributed by atoms with Gasteiger partial charge in [0, 0.05) is 23.5 Å². The monoisotopic (exact) mass is 513 g/mol. The van der Waals surface area contributed by atoms with Crippen LogP contribution in [-0.2, 0) is 20.8 Å². The molecule has 0 aromatic heterocycles. The highest BCUT2D eigenvalue weighted by Gasteiger charge is 2.40. The zero-order chi connectivity index (χ0) is 27.1. The number of carbonyl (C=O) groups excluding carboxylic acids is 5. The van der Waals surface area contributed by atoms with Gasteiger partial charge in [0.25, 0.3) is 11.8 Å². The highest BCUT2D eigenvalue weighted by atomic mass is 16.5. The average molecular weight is 514 g/mol. The van der Waals surface area contributed by atoms with Gasteiger partial charge < -0.3 is 10.1 Å². The van der Waals surface area contributed by atoms with Crippen LogP contribution in [0.2, 0.25) is 0 Å². The number of hydrogen-bond acceptors (Lipinski definition) is 7. The third-order valence-electron chi connectivity index (χ3n) is 5.54. The van der Waals surface area contributed by atoms with Crippen LogP contribution in [0, 0.1) is 5.92 Å². The molecule has 0 spiro atoms. The predicted molar refractivity (Wildman–Crippen MR) is 139 cm³/mol. The molecule has 1 aliphatic heterocycles. The summed E-state index contributed by atoms with van der Waals surface area (Å²) in [5.74, 6) is -3.53. The summed E-state index contributed by atoms with van der Waals surface area (Å²) in [6.45, 7) is 0. The second kappa shape index (κ2) is 11.6. The van der Waals surface area contributed by atoms with Gasteiger partial charge in [-0.05, 0) is 42.0 Å². The maximum Gasteiger partial charge on any atom is 0.335 e. The lowest BCUT2D eigenvalue weighted by atomic mass is 10.1. The number of urea groups is 1. The molecule has 1 atom stereocenters. The summed E-state index contributed by atoms with van der Waals surface area (Å²) in [4.78, 5) is 62.9. The van der Waals surface area contributed by atoms with Crippen molar-refractivity contribution in [1.29, 1.82) is 0 Å². The van der Waals surface area contributed by atoms with Gasteiger partial charge in [0.15, 0.2) is 5.92 Å². The predicted octanol–water partition coefficient (Wildman–Crippen LogP) is 2.49. The van der Waals surface area contributed by atoms with E-state index in [1.165, 1.54) is 31.4 Å². The molecule has 6 amide bonds. The van der Waals surface area contributed by atoms with Crippen molar-refractivity contribution in [2.45, 2.75) is 6.42 Å². The summed E-state index contributed by atoms with van der Waals surface area (Å²) in [7, 11) is 1.44. The standard InChI is InChI=1S/C27H23N5O6/c1-38-21-9-5-8-20(15-21)32-26(36)22(25(35)30-27(32)37)16-28-31-24(34)18-10-12-19(13-11-18)29-23(33)14-17-6-3-2-4-7-17/h2-13,15-16,22H,14H2,1H3,(H,29,33)(H,31,34)(H,30,35,37)/b28-16-/t22-/m1/s1. The zero-order valence-corrected chi connectivity index (χ0v) is 20.2. The van der Waals surface area contributed by atoms with E-state index in [-0.39, 0.29) is 23.6 Å². The molecule has 3 N–H and O–H groups in total. The molecule has 0 radical (unpaired) electrons. The van der Waals surface area contributed by atoms with Gasteiger partial charge in [-0.25, -0.2) is 15.1 Å². The van der Waals surface area contributed by atoms with Crippen LogP contribution in [0.4, 0.5) is 16.2 Å². The number of anilines is 2. The van der Waals surface area contributed by atoms with E-state index in [0.717, 1.165) is 16.7 Å². The van der Waals surface area contributed by atoms with Crippen LogP contribution in [-0.4, -0.2) is 43.0 Å². The lowest BCUT2D eigenvalue weighted by Gasteiger charge is -2.28. The Morgan fingerprint density at radius 2 is 1.74 bits per heavy atom. The van der Waals surface area contributed by atoms with Gasteiger partial charge in [-0.1, -0.05) is 36.4 Å². The van der Waals surface area contributed by atoms with E-state index in [4.69, 9.17) is 4.74 Å². The quantitative estimate of drug-likeness (QED) is 0.240. The lowest BCUT2D eigenvalue weighted by molar-refractivity contribution is -0.131. The molecule has 0 bridgehead atoms. The van der Waals surface area contributed by atoms with Gasteiger partial charge in [0.2, 0.25) is 11.8 Å². The molecule has 0 saturated carbocycles. The van der Waals surface area contributed by atoms with Crippen molar-refractivity contribution in [2.24, 2.45) is 11.0 Å². The van der Waals surface area contributed by atoms with Gasteiger partial charge in [-0.2, -0.15) is 5.10 Å². The first kappa shape index (κ1) is 25.8. The summed E-state index contributed by atoms with van der Waals surface area (Å²) in [5, 5.41) is 8.60. The van der Waals surface area contributed by atoms with Crippen LogP contribution in [0.1, 0.15) is 15.9 Å². The molecular weight excluding hydrogens is 490 g/mol. The van der Waals surface area contributed by atoms with E-state index in [1.54, 1.807) is 24.3 Å². The highest BCUT2D eigenvalue weighted by molar-refractivity contribution is 6.32. The first-order valence-corrected chi connectivity index (χ1v) is 11.5. The Morgan fingerprint density at radius 1 is 1.00 bits per heavy atom. The molecule has 11 nitrogen and oxygen atoms in total. The molecule has 1 heterocycles. The third-order valence-corrected chi connectivity index (χ3v) is 5.54. The molecule has 3 aromatic rings. The van der Waals surface area contributed by atoms with Gasteiger partial charge in [-0.15, -0.1) is 0 Å². The summed E-state index contributed by atoms with van der Waals surface area (Å²) in [5.41, 5.74) is 4.08. The van der Waals surface area contributed by atoms with Gasteiger partial charge in [0.05, 0.1) is 19.2 Å². The maximum absolute atomic E-state index is 12.9. The number of hydrazone groups is 1. The molecule has 192 valence electrons. The minimum atomic E-state index is -1.44. The molecule has 0 unspecified atom stereocenters. The van der Waals surface area contributed by atoms with E-state index in [9.17, 15) is 24.0 Å². The Hall–Kier alpha value is -5.32. The van der Waals surface area contributed by atoms with Gasteiger partial charge >= 0.3 is 6.03 Å². The Bertz CT molecular complexity index is 1400. The largest absolute Gasteiger partial charge is 0.497 e. The molecule has 4 rings (SSSR count). The van der Waals surface area contributed by atoms with Crippen LogP contribution in [0.3, 0.4) is 0 Å². The molecule has 0 aliphatic carbocycles. The number of ether oxygens (including phenoxy) is 1. The van der Waals surface area contributed by atoms with Crippen molar-refractivity contribution < 1.29 is 28.7 Å². The first-order valence-electron chi connectivity index (χ1n) is 11.5. The molecule has 1 aliphatic rings. The molecule has 38 heavy (non-hydrogen) atoms. The Kier molecular flexibility index (Phi) is 7.87. The number of barbiturate groups is 1. The third kappa shape index (κ3) is 6.08. The summed E-state index contributed by atoms with van der Waals surface area (Å²) in [6, 6.07) is 20.7. The fourth-order valence-electron chi connectivity index (χ4n) is 3.64. The highest BCUT2D eigenvalue weighted by Crippen LogP contribution is 2.24. The number of methoxy groups -OCH3 is 1. The topological polar surface area (TPSA) is 146 Å². The second-order valence-corrected chi connectivity index (χ2v) is 8.15. The van der Waals surface area contributed by atoms with Gasteiger partial charge in [0.1, 0.15) is 5.75 Å². The number of benzene rings is 3. The fraction of sp³-hybridized carbons (Fsp3) is 0.111. The van der Waals surface area contributed by atoms with E-state index in [2.05, 4.69) is 21.2 Å². The Labute approximate surface area is 217 Å². The van der Waals surface area contributed by atoms with Crippen LogP contribution in [0.5, 0.6) is 5.75 Å². The summed E-state index contributed by atoms with van der Waals surface area (Å²) in [6.07, 6.45) is 1.17. The number of carbonyl (C=O) groups is 5. The maximum atomic E-state index is 12.9. The Morgan fingerprint density at radius 3 is 2.45 bits per heavy atom. The van der Waals surface area contributed by atoms with Crippen LogP contribution in [0.25, 0.3) is 0 Å². The van der Waals surface area contributed by atoms with Crippen molar-refractivity contribution >= 4 is 47.2 Å². The molecular formula is C27H23N5O6. The van der Waals surface area contributed by atoms with Crippen molar-refractivity contribution in [1.82, 2.24) is 10.7 Å². The smallest absolute Gasteiger partial charge is 0.335 e. The van der Waals surface area contributed by atoms with E-state index >= 15 is 0 Å². The minimum Gasteiger partial charge on any atom is -0.497 e. The van der Waals surface area contributed by atoms with Crippen molar-refractivity contribution in [3.63, 3.8) is 0 Å². The number of nitrogens with one attached hydrogen (secondary N) is 3. The van der Waals surface area contributed by atoms with E-state index < -0.39 is 29.7 Å². The number of rotatable bonds is 8. The van der Waals surface area contributed by atoms with Gasteiger partial charge in [-0.3, -0.25) is 24.5 Å². The molecule has 1 fully saturated rings. The minimum absolute atomic E-state index is 0.199. The SMILES string of the molecule is COc1cccc(N2C(=O)NC(=O)[C@@H](/C=N\NC(=O)c3ccc(NC(=O)Cc4ccccc4)cc3)C2=O)c1. The van der Waals surface area contributed by atoms with Crippen molar-refractivity contribution in [3.8, 4) is 5.75 Å². The molecule has 1 saturated heterocycles.